The fraction of sp³-hybridized carbons (Fsp3) is 0.217. The Morgan fingerprint density at radius 3 is 2.81 bits per heavy atom. The summed E-state index contributed by atoms with van der Waals surface area (Å²) in [6.07, 6.45) is 0. The quantitative estimate of drug-likeness (QED) is 0.483. The first-order valence-corrected chi connectivity index (χ1v) is 9.62. The molecule has 0 saturated heterocycles. The van der Waals surface area contributed by atoms with Crippen molar-refractivity contribution in [3.8, 4) is 5.75 Å². The standard InChI is InChI=1S/C23H20N2O6/c1-13-15-5-3-4-6-16(15)24-18(10-29-2)22(13)23(28)31-11-19(26)14-7-8-20-17(9-14)25-21(27)12-30-20/h3-9H,10-12H2,1-2H3,(H,25,27). The van der Waals surface area contributed by atoms with Crippen molar-refractivity contribution < 1.29 is 28.6 Å². The number of aryl methyl sites for hydroxylation is 1. The number of carbonyl (C=O) groups excluding carboxylic acids is 3. The van der Waals surface area contributed by atoms with Gasteiger partial charge in [0, 0.05) is 18.1 Å². The lowest BCUT2D eigenvalue weighted by Crippen LogP contribution is -2.25. The molecule has 1 N–H and O–H groups in total. The van der Waals surface area contributed by atoms with Crippen molar-refractivity contribution in [1.82, 2.24) is 4.98 Å². The molecule has 158 valence electrons. The second kappa shape index (κ2) is 8.53. The van der Waals surface area contributed by atoms with E-state index in [-0.39, 0.29) is 19.1 Å². The van der Waals surface area contributed by atoms with Crippen LogP contribution in [0.4, 0.5) is 5.69 Å². The number of aromatic nitrogens is 1. The van der Waals surface area contributed by atoms with Crippen molar-refractivity contribution >= 4 is 34.3 Å². The first-order chi connectivity index (χ1) is 15.0. The minimum absolute atomic E-state index is 0.0686. The molecule has 4 rings (SSSR count). The van der Waals surface area contributed by atoms with Crippen molar-refractivity contribution in [3.63, 3.8) is 0 Å². The topological polar surface area (TPSA) is 104 Å². The molecule has 0 aliphatic carbocycles. The Morgan fingerprint density at radius 1 is 1.19 bits per heavy atom. The van der Waals surface area contributed by atoms with Crippen LogP contribution >= 0.6 is 0 Å². The number of pyridine rings is 1. The summed E-state index contributed by atoms with van der Waals surface area (Å²) in [5.41, 5.74) is 2.90. The molecule has 0 radical (unpaired) electrons. The summed E-state index contributed by atoms with van der Waals surface area (Å²) < 4.78 is 15.8. The van der Waals surface area contributed by atoms with Gasteiger partial charge in [0.1, 0.15) is 5.75 Å². The summed E-state index contributed by atoms with van der Waals surface area (Å²) in [5, 5.41) is 3.47. The van der Waals surface area contributed by atoms with Gasteiger partial charge in [-0.15, -0.1) is 0 Å². The van der Waals surface area contributed by atoms with Crippen LogP contribution in [0.2, 0.25) is 0 Å². The van der Waals surface area contributed by atoms with E-state index in [0.717, 1.165) is 10.9 Å². The van der Waals surface area contributed by atoms with Crippen molar-refractivity contribution in [2.45, 2.75) is 13.5 Å². The summed E-state index contributed by atoms with van der Waals surface area (Å²) >= 11 is 0. The van der Waals surface area contributed by atoms with Gasteiger partial charge in [0.2, 0.25) is 0 Å². The maximum absolute atomic E-state index is 12.9. The highest BCUT2D eigenvalue weighted by Gasteiger charge is 2.22. The number of rotatable bonds is 6. The monoisotopic (exact) mass is 420 g/mol. The van der Waals surface area contributed by atoms with E-state index < -0.39 is 18.4 Å². The number of nitrogens with zero attached hydrogens (tertiary/aromatic N) is 1. The van der Waals surface area contributed by atoms with Crippen LogP contribution in [-0.2, 0) is 20.9 Å². The summed E-state index contributed by atoms with van der Waals surface area (Å²) in [7, 11) is 1.52. The van der Waals surface area contributed by atoms with Crippen LogP contribution in [0.1, 0.15) is 32.0 Å². The number of para-hydroxylation sites is 1. The summed E-state index contributed by atoms with van der Waals surface area (Å²) in [6, 6.07) is 12.1. The van der Waals surface area contributed by atoms with E-state index in [1.54, 1.807) is 12.1 Å². The number of ketones is 1. The Labute approximate surface area is 178 Å². The normalized spacial score (nSPS) is 12.6. The molecule has 1 aromatic heterocycles. The van der Waals surface area contributed by atoms with E-state index in [1.807, 2.05) is 31.2 Å². The van der Waals surface area contributed by atoms with Crippen LogP contribution in [0.5, 0.6) is 5.75 Å². The second-order valence-electron chi connectivity index (χ2n) is 7.06. The highest BCUT2D eigenvalue weighted by Crippen LogP contribution is 2.29. The molecule has 8 nitrogen and oxygen atoms in total. The van der Waals surface area contributed by atoms with Crippen molar-refractivity contribution in [2.24, 2.45) is 0 Å². The Kier molecular flexibility index (Phi) is 5.64. The summed E-state index contributed by atoms with van der Waals surface area (Å²) in [6.45, 7) is 1.42. The molecule has 0 bridgehead atoms. The zero-order chi connectivity index (χ0) is 22.0. The fourth-order valence-corrected chi connectivity index (χ4v) is 3.50. The molecule has 0 atom stereocenters. The number of ether oxygens (including phenoxy) is 3. The largest absolute Gasteiger partial charge is 0.482 e. The van der Waals surface area contributed by atoms with E-state index in [2.05, 4.69) is 10.3 Å². The second-order valence-corrected chi connectivity index (χ2v) is 7.06. The van der Waals surface area contributed by atoms with Crippen LogP contribution in [0, 0.1) is 6.92 Å². The van der Waals surface area contributed by atoms with Crippen molar-refractivity contribution in [1.29, 1.82) is 0 Å². The molecule has 0 fully saturated rings. The van der Waals surface area contributed by atoms with Gasteiger partial charge >= 0.3 is 5.97 Å². The summed E-state index contributed by atoms with van der Waals surface area (Å²) in [4.78, 5) is 41.5. The van der Waals surface area contributed by atoms with Gasteiger partial charge in [-0.1, -0.05) is 18.2 Å². The molecule has 1 amide bonds. The lowest BCUT2D eigenvalue weighted by molar-refractivity contribution is -0.118. The average molecular weight is 420 g/mol. The molecule has 2 aromatic carbocycles. The molecular formula is C23H20N2O6. The Bertz CT molecular complexity index is 1200. The van der Waals surface area contributed by atoms with E-state index in [1.165, 1.54) is 13.2 Å². The lowest BCUT2D eigenvalue weighted by atomic mass is 10.0. The number of methoxy groups -OCH3 is 1. The van der Waals surface area contributed by atoms with Gasteiger partial charge in [-0.2, -0.15) is 0 Å². The minimum Gasteiger partial charge on any atom is -0.482 e. The van der Waals surface area contributed by atoms with Gasteiger partial charge in [-0.05, 0) is 36.8 Å². The number of hydrogen-bond acceptors (Lipinski definition) is 7. The van der Waals surface area contributed by atoms with Gasteiger partial charge in [0.05, 0.1) is 29.1 Å². The van der Waals surface area contributed by atoms with Gasteiger partial charge in [0.25, 0.3) is 5.91 Å². The van der Waals surface area contributed by atoms with E-state index in [4.69, 9.17) is 14.2 Å². The van der Waals surface area contributed by atoms with Gasteiger partial charge < -0.3 is 19.5 Å². The fourth-order valence-electron chi connectivity index (χ4n) is 3.50. The van der Waals surface area contributed by atoms with E-state index >= 15 is 0 Å². The first kappa shape index (κ1) is 20.5. The molecular weight excluding hydrogens is 400 g/mol. The zero-order valence-corrected chi connectivity index (χ0v) is 17.1. The number of esters is 1. The van der Waals surface area contributed by atoms with Crippen LogP contribution in [-0.4, -0.2) is 43.0 Å². The number of Topliss-reactive ketones (excluding diaryl/α,β-unsaturated/α-hetero) is 1. The molecule has 8 heteroatoms. The molecule has 0 saturated carbocycles. The van der Waals surface area contributed by atoms with Gasteiger partial charge in [-0.3, -0.25) is 9.59 Å². The Balaban J connectivity index is 1.55. The third-order valence-electron chi connectivity index (χ3n) is 4.98. The average Bonchev–Trinajstić information content (AvgIpc) is 2.77. The van der Waals surface area contributed by atoms with Crippen LogP contribution < -0.4 is 10.1 Å². The van der Waals surface area contributed by atoms with Crippen LogP contribution in [0.25, 0.3) is 10.9 Å². The highest BCUT2D eigenvalue weighted by molar-refractivity contribution is 6.03. The number of fused-ring (bicyclic) bond motifs is 2. The number of nitrogens with one attached hydrogen (secondary N) is 1. The predicted octanol–water partition coefficient (Wildman–Crippen LogP) is 3.06. The maximum Gasteiger partial charge on any atom is 0.340 e. The van der Waals surface area contributed by atoms with Crippen LogP contribution in [0.3, 0.4) is 0 Å². The molecule has 31 heavy (non-hydrogen) atoms. The van der Waals surface area contributed by atoms with Gasteiger partial charge in [0.15, 0.2) is 19.0 Å². The zero-order valence-electron chi connectivity index (χ0n) is 17.1. The van der Waals surface area contributed by atoms with Crippen LogP contribution in [0.15, 0.2) is 42.5 Å². The third kappa shape index (κ3) is 4.10. The SMILES string of the molecule is COCc1nc2ccccc2c(C)c1C(=O)OCC(=O)c1ccc2c(c1)NC(=O)CO2. The lowest BCUT2D eigenvalue weighted by Gasteiger charge is -2.18. The Morgan fingerprint density at radius 2 is 2.00 bits per heavy atom. The third-order valence-corrected chi connectivity index (χ3v) is 4.98. The van der Waals surface area contributed by atoms with E-state index in [9.17, 15) is 14.4 Å². The van der Waals surface area contributed by atoms with E-state index in [0.29, 0.717) is 33.8 Å². The first-order valence-electron chi connectivity index (χ1n) is 9.62. The maximum atomic E-state index is 12.9. The molecule has 0 spiro atoms. The molecule has 1 aliphatic heterocycles. The number of benzene rings is 2. The number of amides is 1. The highest BCUT2D eigenvalue weighted by atomic mass is 16.5. The van der Waals surface area contributed by atoms with Crippen molar-refractivity contribution in [3.05, 3.63) is 64.8 Å². The number of anilines is 1. The smallest absolute Gasteiger partial charge is 0.340 e. The molecule has 3 aromatic rings. The van der Waals surface area contributed by atoms with Crippen molar-refractivity contribution in [2.75, 3.05) is 25.6 Å². The Hall–Kier alpha value is -3.78. The molecule has 0 unspecified atom stereocenters. The summed E-state index contributed by atoms with van der Waals surface area (Å²) in [5.74, 6) is -0.870. The number of carbonyl (C=O) groups is 3. The molecule has 2 heterocycles. The van der Waals surface area contributed by atoms with Gasteiger partial charge in [-0.25, -0.2) is 9.78 Å². The minimum atomic E-state index is -0.647. The predicted molar refractivity (Wildman–Crippen MR) is 112 cm³/mol. The molecule has 1 aliphatic rings. The number of hydrogen-bond donors (Lipinski definition) is 1.